The van der Waals surface area contributed by atoms with E-state index in [4.69, 9.17) is 15.0 Å². The van der Waals surface area contributed by atoms with E-state index in [1.54, 1.807) is 19.9 Å². The molecule has 1 aromatic carbocycles. The second kappa shape index (κ2) is 9.33. The van der Waals surface area contributed by atoms with Crippen LogP contribution in [0.25, 0.3) is 10.4 Å². The van der Waals surface area contributed by atoms with Gasteiger partial charge in [-0.05, 0) is 61.4 Å². The van der Waals surface area contributed by atoms with Gasteiger partial charge in [0.1, 0.15) is 28.1 Å². The summed E-state index contributed by atoms with van der Waals surface area (Å²) in [7, 11) is 0. The zero-order valence-electron chi connectivity index (χ0n) is 26.7. The molecule has 2 aromatic rings. The maximum Gasteiger partial charge on any atom is 0.355 e. The number of amides is 1. The summed E-state index contributed by atoms with van der Waals surface area (Å²) in [5.74, 6) is -5.11. The van der Waals surface area contributed by atoms with Crippen molar-refractivity contribution in [2.45, 2.75) is 99.8 Å². The number of benzene rings is 1. The third kappa shape index (κ3) is 3.03. The minimum atomic E-state index is -2.66. The fourth-order valence-electron chi connectivity index (χ4n) is 10.8. The number of H-pyrrole nitrogens is 1. The van der Waals surface area contributed by atoms with E-state index in [2.05, 4.69) is 25.9 Å². The largest absolute Gasteiger partial charge is 0.451 e. The number of rotatable bonds is 7. The lowest BCUT2D eigenvalue weighted by Gasteiger charge is -2.61. The fourth-order valence-corrected chi connectivity index (χ4v) is 10.8. The Morgan fingerprint density at radius 1 is 1.13 bits per heavy atom. The van der Waals surface area contributed by atoms with Crippen molar-refractivity contribution in [3.8, 4) is 0 Å². The lowest BCUT2D eigenvalue weighted by Crippen LogP contribution is -2.79. The van der Waals surface area contributed by atoms with Gasteiger partial charge in [0.15, 0.2) is 17.5 Å². The first-order chi connectivity index (χ1) is 21.9. The molecule has 252 valence electrons. The molecule has 8 rings (SSSR count). The van der Waals surface area contributed by atoms with Gasteiger partial charge in [-0.2, -0.15) is 0 Å². The molecule has 0 unspecified atom stereocenters. The molecule has 6 fully saturated rings. The van der Waals surface area contributed by atoms with E-state index >= 15 is 0 Å². The maximum absolute atomic E-state index is 13.5. The smallest absolute Gasteiger partial charge is 0.355 e. The molecule has 11 atom stereocenters. The average Bonchev–Trinajstić information content (AvgIpc) is 3.65. The molecule has 15 nitrogen and oxygen atoms in total. The van der Waals surface area contributed by atoms with E-state index in [1.807, 2.05) is 6.92 Å². The summed E-state index contributed by atoms with van der Waals surface area (Å²) in [6.07, 6.45) is -0.352. The van der Waals surface area contributed by atoms with E-state index in [9.17, 15) is 35.1 Å². The molecule has 0 radical (unpaired) electrons. The Morgan fingerprint density at radius 3 is 2.40 bits per heavy atom. The van der Waals surface area contributed by atoms with Gasteiger partial charge in [0.25, 0.3) is 5.91 Å². The zero-order chi connectivity index (χ0) is 34.2. The molecule has 1 spiro atoms. The third-order valence-corrected chi connectivity index (χ3v) is 13.0. The third-order valence-electron chi connectivity index (χ3n) is 13.0. The van der Waals surface area contributed by atoms with Gasteiger partial charge in [0.05, 0.1) is 11.5 Å². The quantitative estimate of drug-likeness (QED) is 0.0707. The van der Waals surface area contributed by atoms with Crippen LogP contribution >= 0.6 is 0 Å². The predicted octanol–water partition coefficient (Wildman–Crippen LogP) is 1.70. The van der Waals surface area contributed by atoms with Crippen molar-refractivity contribution in [1.82, 2.24) is 15.8 Å². The van der Waals surface area contributed by atoms with Crippen LogP contribution in [0.15, 0.2) is 47.7 Å². The highest BCUT2D eigenvalue weighted by atomic mass is 16.7. The molecule has 1 aromatic heterocycles. The summed E-state index contributed by atoms with van der Waals surface area (Å²) in [5, 5.41) is 68.5. The van der Waals surface area contributed by atoms with Gasteiger partial charge >= 0.3 is 5.97 Å². The van der Waals surface area contributed by atoms with E-state index < -0.39 is 86.9 Å². The molecule has 4 saturated carbocycles. The predicted molar refractivity (Wildman–Crippen MR) is 162 cm³/mol. The standard InChI is InChI=1S/C32H40N6O9/c1-16(2)29(43)24(46-23(40)20-7-6-14-34-20)30(44)25(4)15-28(42)26(29,5)32(30,45)31(47-28)21(17(3)12-13-27(25,31)41)36-37-22(39)18-8-10-19(11-9-18)35-38-33/h6-11,14,16-17,21,24,34,36,41-45H,12-13,15H2,1-5H3,(H,37,39)/t17-,21-,24+,25-,26+,27-,28-,29+,30+,31+,32+/m0/s1. The maximum atomic E-state index is 13.5. The number of esters is 1. The highest BCUT2D eigenvalue weighted by Gasteiger charge is 3.10. The zero-order valence-corrected chi connectivity index (χ0v) is 26.7. The number of nitrogens with one attached hydrogen (secondary N) is 3. The van der Waals surface area contributed by atoms with Crippen LogP contribution in [0.1, 0.15) is 74.7 Å². The number of azide groups is 1. The van der Waals surface area contributed by atoms with Crippen molar-refractivity contribution >= 4 is 17.6 Å². The molecule has 2 saturated heterocycles. The minimum absolute atomic E-state index is 0.0197. The van der Waals surface area contributed by atoms with Gasteiger partial charge < -0.3 is 40.0 Å². The van der Waals surface area contributed by atoms with Gasteiger partial charge in [0.2, 0.25) is 0 Å². The molecule has 6 bridgehead atoms. The Bertz CT molecular complexity index is 1720. The Kier molecular flexibility index (Phi) is 6.36. The first-order valence-corrected chi connectivity index (χ1v) is 15.8. The normalized spacial score (nSPS) is 47.1. The molecule has 4 aliphatic carbocycles. The molecular formula is C32H40N6O9. The van der Waals surface area contributed by atoms with Gasteiger partial charge in [-0.1, -0.05) is 44.9 Å². The number of nitrogens with zero attached hydrogens (tertiary/aromatic N) is 3. The Labute approximate surface area is 269 Å². The Hall–Kier alpha value is -3.53. The van der Waals surface area contributed by atoms with Gasteiger partial charge in [-0.25, -0.2) is 10.2 Å². The number of ether oxygens (including phenoxy) is 2. The highest BCUT2D eigenvalue weighted by Crippen LogP contribution is 2.90. The first-order valence-electron chi connectivity index (χ1n) is 15.8. The van der Waals surface area contributed by atoms with Crippen molar-refractivity contribution in [2.75, 3.05) is 0 Å². The second-order valence-corrected chi connectivity index (χ2v) is 14.8. The first kappa shape index (κ1) is 32.0. The SMILES string of the molecule is CC(C)[C@@]1(O)[C@@H](OC(=O)c2ccc[nH]2)[C@@]2(O)[C@@]3(C)C[C@]4(O)O[C@@]5([C@@H](NNC(=O)c6ccc(N=[N+]=[N-])cc6)[C@@H](C)CC[C@]35O)[C@@]2(O)[C@@]14C. The number of carbonyl (C=O) groups is 2. The Balaban J connectivity index is 1.38. The average molecular weight is 653 g/mol. The van der Waals surface area contributed by atoms with Crippen LogP contribution in [0.3, 0.4) is 0 Å². The van der Waals surface area contributed by atoms with Crippen LogP contribution in [0, 0.1) is 22.7 Å². The van der Waals surface area contributed by atoms with E-state index in [0.717, 1.165) is 0 Å². The van der Waals surface area contributed by atoms with Crippen LogP contribution in [0.2, 0.25) is 0 Å². The number of aliphatic hydroxyl groups is 5. The second-order valence-electron chi connectivity index (χ2n) is 14.8. The molecular weight excluding hydrogens is 612 g/mol. The topological polar surface area (TPSA) is 242 Å². The van der Waals surface area contributed by atoms with Gasteiger partial charge in [0, 0.05) is 34.2 Å². The molecule has 8 N–H and O–H groups in total. The van der Waals surface area contributed by atoms with Crippen LogP contribution in [-0.2, 0) is 9.47 Å². The Morgan fingerprint density at radius 2 is 1.81 bits per heavy atom. The highest BCUT2D eigenvalue weighted by molar-refractivity contribution is 5.94. The molecule has 47 heavy (non-hydrogen) atoms. The lowest BCUT2D eigenvalue weighted by atomic mass is 9.52. The van der Waals surface area contributed by atoms with Crippen molar-refractivity contribution in [3.05, 3.63) is 64.3 Å². The van der Waals surface area contributed by atoms with Crippen LogP contribution in [0.4, 0.5) is 5.69 Å². The lowest BCUT2D eigenvalue weighted by molar-refractivity contribution is -0.382. The monoisotopic (exact) mass is 652 g/mol. The molecule has 3 heterocycles. The summed E-state index contributed by atoms with van der Waals surface area (Å²) in [4.78, 5) is 32.3. The van der Waals surface area contributed by atoms with Crippen molar-refractivity contribution in [2.24, 2.45) is 27.8 Å². The molecule has 6 aliphatic rings. The van der Waals surface area contributed by atoms with E-state index in [1.165, 1.54) is 50.4 Å². The number of aromatic amines is 1. The van der Waals surface area contributed by atoms with E-state index in [-0.39, 0.29) is 17.7 Å². The van der Waals surface area contributed by atoms with Gasteiger partial charge in [-0.3, -0.25) is 10.2 Å². The van der Waals surface area contributed by atoms with Crippen molar-refractivity contribution in [1.29, 1.82) is 0 Å². The molecule has 2 aliphatic heterocycles. The number of hydrogen-bond donors (Lipinski definition) is 8. The van der Waals surface area contributed by atoms with E-state index in [0.29, 0.717) is 12.1 Å². The summed E-state index contributed by atoms with van der Waals surface area (Å²) >= 11 is 0. The number of hydrogen-bond acceptors (Lipinski definition) is 11. The van der Waals surface area contributed by atoms with Crippen LogP contribution < -0.4 is 10.9 Å². The number of carbonyl (C=O) groups excluding carboxylic acids is 2. The number of hydrazine groups is 1. The summed E-state index contributed by atoms with van der Waals surface area (Å²) in [6, 6.07) is 7.72. The minimum Gasteiger partial charge on any atom is -0.451 e. The van der Waals surface area contributed by atoms with Crippen LogP contribution in [-0.4, -0.2) is 88.3 Å². The summed E-state index contributed by atoms with van der Waals surface area (Å²) in [6.45, 7) is 7.99. The van der Waals surface area contributed by atoms with Crippen LogP contribution in [0.5, 0.6) is 0 Å². The summed E-state index contributed by atoms with van der Waals surface area (Å²) in [5.41, 5.74) is -0.946. The number of aromatic nitrogens is 1. The van der Waals surface area contributed by atoms with Crippen molar-refractivity contribution < 1.29 is 44.6 Å². The van der Waals surface area contributed by atoms with Gasteiger partial charge in [-0.15, -0.1) is 0 Å². The molecule has 15 heteroatoms. The molecule has 1 amide bonds. The fraction of sp³-hybridized carbons (Fsp3) is 0.625. The van der Waals surface area contributed by atoms with Crippen molar-refractivity contribution in [3.63, 3.8) is 0 Å². The summed E-state index contributed by atoms with van der Waals surface area (Å²) < 4.78 is 12.6.